The van der Waals surface area contributed by atoms with Crippen molar-refractivity contribution in [2.45, 2.75) is 64.0 Å². The monoisotopic (exact) mass is 713 g/mol. The highest BCUT2D eigenvalue weighted by Crippen LogP contribution is 2.41. The van der Waals surface area contributed by atoms with Gasteiger partial charge in [-0.05, 0) is 80.2 Å². The van der Waals surface area contributed by atoms with E-state index in [9.17, 15) is 19.8 Å². The molecule has 47 heavy (non-hydrogen) atoms. The molecule has 4 heterocycles. The molecule has 0 bridgehead atoms. The first kappa shape index (κ1) is 35.0. The van der Waals surface area contributed by atoms with Gasteiger partial charge in [0, 0.05) is 64.0 Å². The number of rotatable bonds is 6. The van der Waals surface area contributed by atoms with Crippen molar-refractivity contribution in [2.24, 2.45) is 5.92 Å². The van der Waals surface area contributed by atoms with E-state index in [-0.39, 0.29) is 47.0 Å². The van der Waals surface area contributed by atoms with Gasteiger partial charge in [-0.3, -0.25) is 9.69 Å². The molecule has 0 aliphatic carbocycles. The number of fused-ring (bicyclic) bond motifs is 1. The van der Waals surface area contributed by atoms with Crippen molar-refractivity contribution in [2.75, 3.05) is 64.3 Å². The fourth-order valence-electron chi connectivity index (χ4n) is 8.24. The van der Waals surface area contributed by atoms with Gasteiger partial charge in [-0.2, -0.15) is 0 Å². The highest BCUT2D eigenvalue weighted by atomic mass is 79.9. The number of urea groups is 1. The third-order valence-corrected chi connectivity index (χ3v) is 10.7. The molecule has 1 atom stereocenters. The lowest BCUT2D eigenvalue weighted by Gasteiger charge is -2.52. The third kappa shape index (κ3) is 7.10. The lowest BCUT2D eigenvalue weighted by atomic mass is 9.71. The number of halogens is 1. The second kappa shape index (κ2) is 14.8. The minimum absolute atomic E-state index is 0. The fraction of sp³-hybridized carbons (Fsp3) is 0.571. The number of phenols is 1. The molecule has 4 amide bonds. The van der Waals surface area contributed by atoms with Crippen LogP contribution in [-0.2, 0) is 22.4 Å². The molecular formula is C35H48BrN5O6. The summed E-state index contributed by atoms with van der Waals surface area (Å²) in [6.45, 7) is 9.13. The minimum Gasteiger partial charge on any atom is -0.507 e. The Balaban J connectivity index is 0.00000433. The van der Waals surface area contributed by atoms with Crippen LogP contribution in [0.25, 0.3) is 0 Å². The van der Waals surface area contributed by atoms with Crippen molar-refractivity contribution < 1.29 is 29.3 Å². The number of anilines is 1. The van der Waals surface area contributed by atoms with Crippen LogP contribution in [-0.4, -0.2) is 118 Å². The van der Waals surface area contributed by atoms with Crippen LogP contribution in [0.15, 0.2) is 36.4 Å². The summed E-state index contributed by atoms with van der Waals surface area (Å²) in [7, 11) is 0. The number of carboxylic acid groups (broad SMARTS) is 1. The average Bonchev–Trinajstić information content (AvgIpc) is 3.24. The molecule has 0 saturated carbocycles. The molecule has 4 aliphatic heterocycles. The summed E-state index contributed by atoms with van der Waals surface area (Å²) in [6.07, 6.45) is 2.55. The molecule has 0 spiro atoms. The van der Waals surface area contributed by atoms with Crippen molar-refractivity contribution in [3.05, 3.63) is 58.7 Å². The van der Waals surface area contributed by atoms with E-state index in [2.05, 4.69) is 10.2 Å². The molecule has 3 saturated heterocycles. The molecule has 0 radical (unpaired) electrons. The van der Waals surface area contributed by atoms with Gasteiger partial charge >= 0.3 is 12.1 Å². The second-order valence-electron chi connectivity index (χ2n) is 13.4. The molecule has 6 rings (SSSR count). The topological polar surface area (TPSA) is 126 Å². The van der Waals surface area contributed by atoms with Crippen molar-refractivity contribution in [3.63, 3.8) is 0 Å². The molecule has 2 aromatic rings. The Bertz CT molecular complexity index is 1430. The molecule has 11 nitrogen and oxygen atoms in total. The average molecular weight is 715 g/mol. The highest BCUT2D eigenvalue weighted by molar-refractivity contribution is 8.93. The Hall–Kier alpha value is -3.35. The number of phenolic OH excluding ortho intramolecular Hbond substituents is 1. The van der Waals surface area contributed by atoms with E-state index < -0.39 is 11.6 Å². The van der Waals surface area contributed by atoms with Crippen LogP contribution in [0, 0.1) is 19.8 Å². The van der Waals surface area contributed by atoms with Crippen LogP contribution < -0.4 is 5.32 Å². The van der Waals surface area contributed by atoms with Crippen LogP contribution in [0.4, 0.5) is 15.3 Å². The van der Waals surface area contributed by atoms with Crippen molar-refractivity contribution in [3.8, 4) is 5.75 Å². The van der Waals surface area contributed by atoms with Crippen LogP contribution in [0.3, 0.4) is 0 Å². The van der Waals surface area contributed by atoms with E-state index in [1.54, 1.807) is 4.90 Å². The normalized spacial score (nSPS) is 21.2. The van der Waals surface area contributed by atoms with Crippen molar-refractivity contribution >= 4 is 40.7 Å². The zero-order valence-electron chi connectivity index (χ0n) is 27.4. The molecule has 4 aliphatic rings. The number of nitrogens with zero attached hydrogens (tertiary/aromatic N) is 4. The number of para-hydroxylation sites is 1. The number of piperidine rings is 2. The molecule has 3 N–H and O–H groups in total. The first-order valence-corrected chi connectivity index (χ1v) is 16.7. The van der Waals surface area contributed by atoms with Gasteiger partial charge in [-0.1, -0.05) is 30.3 Å². The molecule has 2 aromatic carbocycles. The number of morpholine rings is 1. The molecular weight excluding hydrogens is 666 g/mol. The summed E-state index contributed by atoms with van der Waals surface area (Å²) in [5.41, 5.74) is 2.83. The Morgan fingerprint density at radius 1 is 0.915 bits per heavy atom. The third-order valence-electron chi connectivity index (χ3n) is 10.7. The van der Waals surface area contributed by atoms with E-state index in [0.717, 1.165) is 67.1 Å². The zero-order chi connectivity index (χ0) is 32.4. The predicted molar refractivity (Wildman–Crippen MR) is 185 cm³/mol. The number of hydrogen-bond donors (Lipinski definition) is 3. The van der Waals surface area contributed by atoms with E-state index in [1.165, 1.54) is 4.90 Å². The van der Waals surface area contributed by atoms with E-state index >= 15 is 4.79 Å². The summed E-state index contributed by atoms with van der Waals surface area (Å²) in [4.78, 5) is 49.3. The summed E-state index contributed by atoms with van der Waals surface area (Å²) >= 11 is 0. The number of amides is 4. The summed E-state index contributed by atoms with van der Waals surface area (Å²) < 4.78 is 5.57. The first-order chi connectivity index (χ1) is 22.2. The summed E-state index contributed by atoms with van der Waals surface area (Å²) in [6, 6.07) is 11.7. The van der Waals surface area contributed by atoms with E-state index in [4.69, 9.17) is 4.74 Å². The van der Waals surface area contributed by atoms with Gasteiger partial charge in [0.25, 0.3) is 0 Å². The minimum atomic E-state index is -1.25. The van der Waals surface area contributed by atoms with Crippen molar-refractivity contribution in [1.29, 1.82) is 0 Å². The van der Waals surface area contributed by atoms with Gasteiger partial charge in [0.05, 0.1) is 13.2 Å². The number of hydrogen-bond acceptors (Lipinski definition) is 6. The molecule has 0 aromatic heterocycles. The van der Waals surface area contributed by atoms with Crippen molar-refractivity contribution in [1.82, 2.24) is 19.6 Å². The number of carbonyl (C=O) groups is 3. The Morgan fingerprint density at radius 3 is 2.17 bits per heavy atom. The smallest absolute Gasteiger partial charge is 0.407 e. The summed E-state index contributed by atoms with van der Waals surface area (Å²) in [5, 5.41) is 23.5. The summed E-state index contributed by atoms with van der Waals surface area (Å²) in [5.74, 6) is -0.108. The molecule has 12 heteroatoms. The predicted octanol–water partition coefficient (Wildman–Crippen LogP) is 4.67. The van der Waals surface area contributed by atoms with Gasteiger partial charge in [-0.15, -0.1) is 17.0 Å². The second-order valence-corrected chi connectivity index (χ2v) is 13.4. The number of likely N-dealkylation sites (tertiary alicyclic amines) is 2. The number of carbonyl (C=O) groups excluding carboxylic acids is 2. The number of aryl methyl sites for hydroxylation is 2. The maximum Gasteiger partial charge on any atom is 0.407 e. The lowest BCUT2D eigenvalue weighted by molar-refractivity contribution is -0.150. The molecule has 256 valence electrons. The largest absolute Gasteiger partial charge is 0.507 e. The first-order valence-electron chi connectivity index (χ1n) is 16.7. The standard InChI is InChI=1S/C35H47N5O6.BrH/c1-24-21-26(22-25(2)31(24)41)23-35(28-8-12-39(13-9-28)34(44)45,40-16-7-27-5-3-4-6-30(27)36-33(40)43)32(42)38-14-10-29(11-15-38)37-17-19-46-20-18-37;/h3-6,21-22,28-29,41H,7-20,23H2,1-2H3,(H,36,43)(H,44,45);1H/t35-;/m1./s1. The maximum atomic E-state index is 15.4. The molecule has 3 fully saturated rings. The maximum absolute atomic E-state index is 15.4. The van der Waals surface area contributed by atoms with Gasteiger partial charge in [0.15, 0.2) is 0 Å². The van der Waals surface area contributed by atoms with E-state index in [0.29, 0.717) is 58.0 Å². The number of aromatic hydroxyl groups is 1. The van der Waals surface area contributed by atoms with Crippen LogP contribution in [0.2, 0.25) is 0 Å². The van der Waals surface area contributed by atoms with Crippen LogP contribution in [0.1, 0.15) is 47.9 Å². The number of nitrogens with one attached hydrogen (secondary N) is 1. The van der Waals surface area contributed by atoms with Gasteiger partial charge in [-0.25, -0.2) is 9.59 Å². The fourth-order valence-corrected chi connectivity index (χ4v) is 8.24. The zero-order valence-corrected chi connectivity index (χ0v) is 29.2. The van der Waals surface area contributed by atoms with Crippen LogP contribution in [0.5, 0.6) is 5.75 Å². The van der Waals surface area contributed by atoms with Crippen LogP contribution >= 0.6 is 17.0 Å². The van der Waals surface area contributed by atoms with E-state index in [1.807, 2.05) is 55.1 Å². The molecule has 0 unspecified atom stereocenters. The Labute approximate surface area is 287 Å². The SMILES string of the molecule is Br.Cc1cc(C[C@](C(=O)N2CCC(N3CCOCC3)CC2)(C2CCN(C(=O)O)CC2)N2CCc3ccccc3NC2=O)cc(C)c1O. The Morgan fingerprint density at radius 2 is 1.53 bits per heavy atom. The number of ether oxygens (including phenoxy) is 1. The number of benzene rings is 2. The lowest BCUT2D eigenvalue weighted by Crippen LogP contribution is -2.69. The van der Waals surface area contributed by atoms with Gasteiger partial charge in [0.1, 0.15) is 11.3 Å². The van der Waals surface area contributed by atoms with Gasteiger partial charge < -0.3 is 35.0 Å². The Kier molecular flexibility index (Phi) is 11.0. The van der Waals surface area contributed by atoms with Gasteiger partial charge in [0.2, 0.25) is 5.91 Å². The highest BCUT2D eigenvalue weighted by Gasteiger charge is 2.55. The quantitative estimate of drug-likeness (QED) is 0.397.